The van der Waals surface area contributed by atoms with Gasteiger partial charge in [0.1, 0.15) is 0 Å². The van der Waals surface area contributed by atoms with Crippen LogP contribution in [0, 0.1) is 0 Å². The number of carbonyl (C=O) groups is 1. The van der Waals surface area contributed by atoms with E-state index in [0.29, 0.717) is 16.0 Å². The molecule has 6 nitrogen and oxygen atoms in total. The van der Waals surface area contributed by atoms with Gasteiger partial charge in [-0.3, -0.25) is 9.36 Å². The highest BCUT2D eigenvalue weighted by atomic mass is 79.9. The number of nitrogens with zero attached hydrogens (tertiary/aromatic N) is 4. The van der Waals surface area contributed by atoms with E-state index >= 15 is 0 Å². The van der Waals surface area contributed by atoms with Crippen LogP contribution in [0.3, 0.4) is 0 Å². The first kappa shape index (κ1) is 22.3. The van der Waals surface area contributed by atoms with Gasteiger partial charge in [-0.15, -0.1) is 10.2 Å². The molecule has 0 saturated carbocycles. The summed E-state index contributed by atoms with van der Waals surface area (Å²) in [5, 5.41) is 13.9. The second-order valence-electron chi connectivity index (χ2n) is 6.59. The number of halogens is 2. The lowest BCUT2D eigenvalue weighted by molar-refractivity contribution is -0.118. The molecule has 0 radical (unpaired) electrons. The molecule has 4 rings (SSSR count). The van der Waals surface area contributed by atoms with Gasteiger partial charge in [-0.25, -0.2) is 5.43 Å². The predicted octanol–water partition coefficient (Wildman–Crippen LogP) is 5.59. The monoisotopic (exact) mass is 525 g/mol. The van der Waals surface area contributed by atoms with Crippen LogP contribution >= 0.6 is 39.3 Å². The number of nitrogens with one attached hydrogen (secondary N) is 1. The highest BCUT2D eigenvalue weighted by Gasteiger charge is 2.17. The van der Waals surface area contributed by atoms with Gasteiger partial charge in [0, 0.05) is 26.3 Å². The van der Waals surface area contributed by atoms with Crippen molar-refractivity contribution in [3.05, 3.63) is 93.9 Å². The van der Waals surface area contributed by atoms with Crippen molar-refractivity contribution < 1.29 is 4.79 Å². The zero-order valence-electron chi connectivity index (χ0n) is 16.7. The Labute approximate surface area is 202 Å². The fourth-order valence-corrected chi connectivity index (χ4v) is 4.07. The van der Waals surface area contributed by atoms with Gasteiger partial charge in [0.25, 0.3) is 5.91 Å². The Morgan fingerprint density at radius 3 is 2.50 bits per heavy atom. The number of benzene rings is 3. The van der Waals surface area contributed by atoms with Crippen molar-refractivity contribution in [2.24, 2.45) is 5.10 Å². The number of rotatable bonds is 7. The molecule has 0 aliphatic carbocycles. The summed E-state index contributed by atoms with van der Waals surface area (Å²) < 4.78 is 2.91. The molecule has 0 aliphatic heterocycles. The fourth-order valence-electron chi connectivity index (χ4n) is 2.88. The normalized spacial score (nSPS) is 11.1. The standard InChI is InChI=1S/C23H17BrClN5OS/c24-18-10-12-19(13-11-18)30-22(16-6-2-1-3-7-16)28-29-23(30)32-15-21(31)27-26-14-17-8-4-5-9-20(17)25/h1-14H,15H2,(H,27,31)/b26-14+. The quantitative estimate of drug-likeness (QED) is 0.193. The number of aromatic nitrogens is 3. The zero-order valence-corrected chi connectivity index (χ0v) is 19.8. The van der Waals surface area contributed by atoms with Gasteiger partial charge in [-0.2, -0.15) is 5.10 Å². The molecule has 0 fully saturated rings. The van der Waals surface area contributed by atoms with Crippen molar-refractivity contribution in [1.29, 1.82) is 0 Å². The summed E-state index contributed by atoms with van der Waals surface area (Å²) in [6.45, 7) is 0. The third kappa shape index (κ3) is 5.45. The molecule has 160 valence electrons. The molecule has 1 aromatic heterocycles. The van der Waals surface area contributed by atoms with Gasteiger partial charge >= 0.3 is 0 Å². The van der Waals surface area contributed by atoms with Crippen LogP contribution in [0.25, 0.3) is 17.1 Å². The minimum Gasteiger partial charge on any atom is -0.272 e. The average molecular weight is 527 g/mol. The van der Waals surface area contributed by atoms with Crippen LogP contribution in [0.15, 0.2) is 93.6 Å². The molecule has 0 unspecified atom stereocenters. The van der Waals surface area contributed by atoms with Crippen LogP contribution in [0.4, 0.5) is 0 Å². The molecule has 32 heavy (non-hydrogen) atoms. The van der Waals surface area contributed by atoms with Gasteiger partial charge in [-0.05, 0) is 30.3 Å². The molecule has 0 aliphatic rings. The Morgan fingerprint density at radius 2 is 1.75 bits per heavy atom. The first-order valence-corrected chi connectivity index (χ1v) is 11.7. The summed E-state index contributed by atoms with van der Waals surface area (Å²) in [6.07, 6.45) is 1.52. The Bertz CT molecular complexity index is 1240. The Hall–Kier alpha value is -2.94. The number of amides is 1. The molecule has 0 saturated heterocycles. The van der Waals surface area contributed by atoms with Gasteiger partial charge in [0.2, 0.25) is 0 Å². The van der Waals surface area contributed by atoms with Crippen LogP contribution in [-0.2, 0) is 4.79 Å². The molecule has 0 bridgehead atoms. The Kier molecular flexibility index (Phi) is 7.36. The second-order valence-corrected chi connectivity index (χ2v) is 8.85. The summed E-state index contributed by atoms with van der Waals surface area (Å²) in [7, 11) is 0. The zero-order chi connectivity index (χ0) is 22.3. The molecular formula is C23H17BrClN5OS. The number of thioether (sulfide) groups is 1. The van der Waals surface area contributed by atoms with E-state index in [4.69, 9.17) is 11.6 Å². The smallest absolute Gasteiger partial charge is 0.250 e. The highest BCUT2D eigenvalue weighted by Crippen LogP contribution is 2.28. The molecule has 9 heteroatoms. The number of hydrogen-bond acceptors (Lipinski definition) is 5. The third-order valence-electron chi connectivity index (χ3n) is 4.38. The first-order chi connectivity index (χ1) is 15.6. The maximum Gasteiger partial charge on any atom is 0.250 e. The van der Waals surface area contributed by atoms with Gasteiger partial charge in [0.15, 0.2) is 11.0 Å². The third-order valence-corrected chi connectivity index (χ3v) is 6.18. The Balaban J connectivity index is 1.51. The van der Waals surface area contributed by atoms with Crippen LogP contribution in [0.5, 0.6) is 0 Å². The minimum absolute atomic E-state index is 0.128. The Morgan fingerprint density at radius 1 is 1.03 bits per heavy atom. The lowest BCUT2D eigenvalue weighted by atomic mass is 10.2. The van der Waals surface area contributed by atoms with Gasteiger partial charge in [0.05, 0.1) is 12.0 Å². The first-order valence-electron chi connectivity index (χ1n) is 9.58. The van der Waals surface area contributed by atoms with E-state index < -0.39 is 0 Å². The van der Waals surface area contributed by atoms with E-state index in [1.165, 1.54) is 18.0 Å². The van der Waals surface area contributed by atoms with Crippen LogP contribution in [0.1, 0.15) is 5.56 Å². The summed E-state index contributed by atoms with van der Waals surface area (Å²) in [4.78, 5) is 12.3. The van der Waals surface area contributed by atoms with Crippen molar-refractivity contribution in [3.63, 3.8) is 0 Å². The van der Waals surface area contributed by atoms with Crippen molar-refractivity contribution in [2.75, 3.05) is 5.75 Å². The van der Waals surface area contributed by atoms with Crippen LogP contribution in [0.2, 0.25) is 5.02 Å². The summed E-state index contributed by atoms with van der Waals surface area (Å²) in [5.41, 5.74) is 5.08. The molecule has 1 heterocycles. The summed E-state index contributed by atoms with van der Waals surface area (Å²) >= 11 is 10.8. The molecule has 4 aromatic rings. The fraction of sp³-hybridized carbons (Fsp3) is 0.0435. The van der Waals surface area contributed by atoms with Gasteiger partial charge in [-0.1, -0.05) is 87.8 Å². The summed E-state index contributed by atoms with van der Waals surface area (Å²) in [5.74, 6) is 0.570. The van der Waals surface area contributed by atoms with Crippen molar-refractivity contribution in [2.45, 2.75) is 5.16 Å². The van der Waals surface area contributed by atoms with Crippen LogP contribution < -0.4 is 5.43 Å². The minimum atomic E-state index is -0.259. The van der Waals surface area contributed by atoms with Crippen LogP contribution in [-0.4, -0.2) is 32.6 Å². The largest absolute Gasteiger partial charge is 0.272 e. The second kappa shape index (κ2) is 10.6. The topological polar surface area (TPSA) is 72.2 Å². The highest BCUT2D eigenvalue weighted by molar-refractivity contribution is 9.10. The van der Waals surface area contributed by atoms with Crippen molar-refractivity contribution >= 4 is 51.4 Å². The van der Waals surface area contributed by atoms with E-state index in [9.17, 15) is 4.79 Å². The maximum atomic E-state index is 12.3. The van der Waals surface area contributed by atoms with E-state index in [2.05, 4.69) is 36.7 Å². The number of hydrazone groups is 1. The van der Waals surface area contributed by atoms with Crippen molar-refractivity contribution in [1.82, 2.24) is 20.2 Å². The van der Waals surface area contributed by atoms with Gasteiger partial charge < -0.3 is 0 Å². The molecular weight excluding hydrogens is 510 g/mol. The molecule has 1 amide bonds. The van der Waals surface area contributed by atoms with E-state index in [-0.39, 0.29) is 11.7 Å². The van der Waals surface area contributed by atoms with E-state index in [1.54, 1.807) is 6.07 Å². The lowest BCUT2D eigenvalue weighted by Gasteiger charge is -2.10. The maximum absolute atomic E-state index is 12.3. The SMILES string of the molecule is O=C(CSc1nnc(-c2ccccc2)n1-c1ccc(Br)cc1)N/N=C/c1ccccc1Cl. The lowest BCUT2D eigenvalue weighted by Crippen LogP contribution is -2.20. The molecule has 1 N–H and O–H groups in total. The number of carbonyl (C=O) groups excluding carboxylic acids is 1. The summed E-state index contributed by atoms with van der Waals surface area (Å²) in [6, 6.07) is 24.9. The number of hydrogen-bond donors (Lipinski definition) is 1. The predicted molar refractivity (Wildman–Crippen MR) is 132 cm³/mol. The van der Waals surface area contributed by atoms with E-state index in [1.807, 2.05) is 77.4 Å². The molecule has 0 atom stereocenters. The average Bonchev–Trinajstić information content (AvgIpc) is 3.24. The van der Waals surface area contributed by atoms with E-state index in [0.717, 1.165) is 21.3 Å². The molecule has 3 aromatic carbocycles. The molecule has 0 spiro atoms. The van der Waals surface area contributed by atoms with Crippen molar-refractivity contribution in [3.8, 4) is 17.1 Å².